The molecule has 6 nitrogen and oxygen atoms in total. The molecular weight excluding hydrogens is 342 g/mol. The first kappa shape index (κ1) is 18.9. The molecule has 0 radical (unpaired) electrons. The van der Waals surface area contributed by atoms with Crippen LogP contribution in [0.25, 0.3) is 0 Å². The molecule has 0 aromatic heterocycles. The van der Waals surface area contributed by atoms with Crippen LogP contribution in [0.2, 0.25) is 0 Å². The van der Waals surface area contributed by atoms with Crippen molar-refractivity contribution in [3.05, 3.63) is 60.2 Å². The molecule has 0 aliphatic carbocycles. The second-order valence-corrected chi connectivity index (χ2v) is 6.56. The lowest BCUT2D eigenvalue weighted by molar-refractivity contribution is -0.136. The molecule has 0 spiro atoms. The maximum atomic E-state index is 12.7. The van der Waals surface area contributed by atoms with E-state index < -0.39 is 6.04 Å². The Kier molecular flexibility index (Phi) is 6.44. The summed E-state index contributed by atoms with van der Waals surface area (Å²) < 4.78 is 5.43. The Morgan fingerprint density at radius 1 is 1.11 bits per heavy atom. The summed E-state index contributed by atoms with van der Waals surface area (Å²) in [6.45, 7) is 1.52. The predicted molar refractivity (Wildman–Crippen MR) is 105 cm³/mol. The minimum Gasteiger partial charge on any atom is -0.492 e. The normalized spacial score (nSPS) is 16.2. The number of rotatable bonds is 7. The van der Waals surface area contributed by atoms with E-state index in [4.69, 9.17) is 10.5 Å². The van der Waals surface area contributed by atoms with Crippen LogP contribution in [-0.4, -0.2) is 42.5 Å². The highest BCUT2D eigenvalue weighted by Crippen LogP contribution is 2.22. The van der Waals surface area contributed by atoms with Gasteiger partial charge in [-0.1, -0.05) is 30.3 Å². The summed E-state index contributed by atoms with van der Waals surface area (Å²) in [6, 6.07) is 16.3. The SMILES string of the molecule is NCCOc1ccc(NC(=O)C2CCCN2C(=O)Cc2ccccc2)cc1. The second kappa shape index (κ2) is 9.19. The Balaban J connectivity index is 1.59. The number of carbonyl (C=O) groups is 2. The summed E-state index contributed by atoms with van der Waals surface area (Å²) in [5.74, 6) is 0.549. The van der Waals surface area contributed by atoms with Gasteiger partial charge in [-0.25, -0.2) is 0 Å². The maximum Gasteiger partial charge on any atom is 0.247 e. The zero-order chi connectivity index (χ0) is 19.1. The minimum atomic E-state index is -0.422. The lowest BCUT2D eigenvalue weighted by Gasteiger charge is -2.24. The number of likely N-dealkylation sites (tertiary alicyclic amines) is 1. The van der Waals surface area contributed by atoms with Crippen LogP contribution in [0.3, 0.4) is 0 Å². The fourth-order valence-electron chi connectivity index (χ4n) is 3.25. The predicted octanol–water partition coefficient (Wildman–Crippen LogP) is 2.20. The Labute approximate surface area is 159 Å². The highest BCUT2D eigenvalue weighted by molar-refractivity contribution is 5.97. The molecular formula is C21H25N3O3. The smallest absolute Gasteiger partial charge is 0.247 e. The van der Waals surface area contributed by atoms with Crippen LogP contribution < -0.4 is 15.8 Å². The molecule has 0 saturated carbocycles. The van der Waals surface area contributed by atoms with E-state index in [0.717, 1.165) is 12.0 Å². The Hall–Kier alpha value is -2.86. The third kappa shape index (κ3) is 5.08. The van der Waals surface area contributed by atoms with Gasteiger partial charge in [-0.2, -0.15) is 0 Å². The van der Waals surface area contributed by atoms with Crippen LogP contribution in [0.1, 0.15) is 18.4 Å². The zero-order valence-corrected chi connectivity index (χ0v) is 15.3. The van der Waals surface area contributed by atoms with Crippen molar-refractivity contribution in [2.45, 2.75) is 25.3 Å². The standard InChI is InChI=1S/C21H25N3O3/c22-12-14-27-18-10-8-17(9-11-18)23-21(26)19-7-4-13-24(19)20(25)15-16-5-2-1-3-6-16/h1-3,5-6,8-11,19H,4,7,12-15,22H2,(H,23,26). The van der Waals surface area contributed by atoms with Crippen molar-refractivity contribution >= 4 is 17.5 Å². The van der Waals surface area contributed by atoms with Gasteiger partial charge >= 0.3 is 0 Å². The van der Waals surface area contributed by atoms with Crippen LogP contribution in [-0.2, 0) is 16.0 Å². The molecule has 3 rings (SSSR count). The van der Waals surface area contributed by atoms with E-state index in [1.165, 1.54) is 0 Å². The molecule has 6 heteroatoms. The third-order valence-electron chi connectivity index (χ3n) is 4.58. The molecule has 1 heterocycles. The van der Waals surface area contributed by atoms with E-state index in [1.54, 1.807) is 29.2 Å². The largest absolute Gasteiger partial charge is 0.492 e. The maximum absolute atomic E-state index is 12.7. The lowest BCUT2D eigenvalue weighted by atomic mass is 10.1. The molecule has 3 N–H and O–H groups in total. The van der Waals surface area contributed by atoms with E-state index >= 15 is 0 Å². The average Bonchev–Trinajstić information content (AvgIpc) is 3.18. The number of ether oxygens (including phenoxy) is 1. The average molecular weight is 367 g/mol. The molecule has 1 unspecified atom stereocenters. The monoisotopic (exact) mass is 367 g/mol. The molecule has 1 aliphatic rings. The van der Waals surface area contributed by atoms with E-state index in [2.05, 4.69) is 5.32 Å². The number of carbonyl (C=O) groups excluding carboxylic acids is 2. The molecule has 2 aromatic rings. The first-order chi connectivity index (χ1) is 13.2. The van der Waals surface area contributed by atoms with Crippen molar-refractivity contribution in [2.75, 3.05) is 25.0 Å². The molecule has 1 aliphatic heterocycles. The Morgan fingerprint density at radius 3 is 2.56 bits per heavy atom. The number of hydrogen-bond acceptors (Lipinski definition) is 4. The summed E-state index contributed by atoms with van der Waals surface area (Å²) in [6.07, 6.45) is 1.84. The van der Waals surface area contributed by atoms with Crippen LogP contribution in [0.5, 0.6) is 5.75 Å². The van der Waals surface area contributed by atoms with Crippen molar-refractivity contribution in [1.29, 1.82) is 0 Å². The van der Waals surface area contributed by atoms with Crippen LogP contribution in [0.4, 0.5) is 5.69 Å². The van der Waals surface area contributed by atoms with Crippen LogP contribution >= 0.6 is 0 Å². The van der Waals surface area contributed by atoms with Gasteiger partial charge in [0.05, 0.1) is 6.42 Å². The molecule has 2 amide bonds. The van der Waals surface area contributed by atoms with Crippen molar-refractivity contribution in [2.24, 2.45) is 5.73 Å². The molecule has 0 bridgehead atoms. The summed E-state index contributed by atoms with van der Waals surface area (Å²) in [5, 5.41) is 2.90. The molecule has 1 saturated heterocycles. The topological polar surface area (TPSA) is 84.7 Å². The van der Waals surface area contributed by atoms with E-state index in [0.29, 0.717) is 44.0 Å². The third-order valence-corrected chi connectivity index (χ3v) is 4.58. The van der Waals surface area contributed by atoms with Crippen LogP contribution in [0.15, 0.2) is 54.6 Å². The number of amides is 2. The van der Waals surface area contributed by atoms with Gasteiger partial charge in [-0.3, -0.25) is 9.59 Å². The van der Waals surface area contributed by atoms with Crippen molar-refractivity contribution in [3.63, 3.8) is 0 Å². The van der Waals surface area contributed by atoms with Gasteiger partial charge in [0.1, 0.15) is 18.4 Å². The summed E-state index contributed by atoms with van der Waals surface area (Å²) in [7, 11) is 0. The number of nitrogens with one attached hydrogen (secondary N) is 1. The number of benzene rings is 2. The summed E-state index contributed by atoms with van der Waals surface area (Å²) in [4.78, 5) is 27.0. The Bertz CT molecular complexity index is 762. The number of anilines is 1. The fourth-order valence-corrected chi connectivity index (χ4v) is 3.25. The van der Waals surface area contributed by atoms with Crippen molar-refractivity contribution < 1.29 is 14.3 Å². The summed E-state index contributed by atoms with van der Waals surface area (Å²) in [5.41, 5.74) is 7.06. The molecule has 142 valence electrons. The molecule has 1 fully saturated rings. The minimum absolute atomic E-state index is 0.00983. The van der Waals surface area contributed by atoms with Gasteiger partial charge in [0, 0.05) is 18.8 Å². The number of hydrogen-bond donors (Lipinski definition) is 2. The van der Waals surface area contributed by atoms with E-state index in [-0.39, 0.29) is 11.8 Å². The van der Waals surface area contributed by atoms with E-state index in [1.807, 2.05) is 30.3 Å². The molecule has 2 aromatic carbocycles. The van der Waals surface area contributed by atoms with Gasteiger partial charge < -0.3 is 20.7 Å². The van der Waals surface area contributed by atoms with Gasteiger partial charge in [-0.15, -0.1) is 0 Å². The summed E-state index contributed by atoms with van der Waals surface area (Å²) >= 11 is 0. The van der Waals surface area contributed by atoms with Crippen molar-refractivity contribution in [3.8, 4) is 5.75 Å². The molecule has 27 heavy (non-hydrogen) atoms. The van der Waals surface area contributed by atoms with E-state index in [9.17, 15) is 9.59 Å². The first-order valence-corrected chi connectivity index (χ1v) is 9.24. The van der Waals surface area contributed by atoms with Crippen molar-refractivity contribution in [1.82, 2.24) is 4.90 Å². The van der Waals surface area contributed by atoms with Gasteiger partial charge in [0.15, 0.2) is 0 Å². The molecule has 1 atom stereocenters. The lowest BCUT2D eigenvalue weighted by Crippen LogP contribution is -2.43. The Morgan fingerprint density at radius 2 is 1.85 bits per heavy atom. The highest BCUT2D eigenvalue weighted by Gasteiger charge is 2.33. The number of nitrogens with zero attached hydrogens (tertiary/aromatic N) is 1. The first-order valence-electron chi connectivity index (χ1n) is 9.24. The van der Waals surface area contributed by atoms with Gasteiger partial charge in [-0.05, 0) is 42.7 Å². The zero-order valence-electron chi connectivity index (χ0n) is 15.3. The highest BCUT2D eigenvalue weighted by atomic mass is 16.5. The van der Waals surface area contributed by atoms with Gasteiger partial charge in [0.25, 0.3) is 0 Å². The second-order valence-electron chi connectivity index (χ2n) is 6.56. The van der Waals surface area contributed by atoms with Crippen LogP contribution in [0, 0.1) is 0 Å². The number of nitrogens with two attached hydrogens (primary N) is 1. The van der Waals surface area contributed by atoms with Gasteiger partial charge in [0.2, 0.25) is 11.8 Å². The fraction of sp³-hybridized carbons (Fsp3) is 0.333. The quantitative estimate of drug-likeness (QED) is 0.786.